The Bertz CT molecular complexity index is 769. The van der Waals surface area contributed by atoms with Crippen molar-refractivity contribution in [2.24, 2.45) is 0 Å². The van der Waals surface area contributed by atoms with Gasteiger partial charge in [-0.15, -0.1) is 11.3 Å². The minimum Gasteiger partial charge on any atom is -0.395 e. The Kier molecular flexibility index (Phi) is 4.96. The number of nitrogens with one attached hydrogen (secondary N) is 1. The summed E-state index contributed by atoms with van der Waals surface area (Å²) in [6.45, 7) is 1.87. The van der Waals surface area contributed by atoms with Crippen LogP contribution in [0.1, 0.15) is 16.9 Å². The zero-order valence-corrected chi connectivity index (χ0v) is 13.0. The summed E-state index contributed by atoms with van der Waals surface area (Å²) >= 11 is 1.28. The molecule has 0 amide bonds. The fraction of sp³-hybridized carbons (Fsp3) is 0.214. The maximum absolute atomic E-state index is 12.2. The van der Waals surface area contributed by atoms with Crippen LogP contribution in [0.4, 0.5) is 5.13 Å². The molecule has 0 atom stereocenters. The van der Waals surface area contributed by atoms with Crippen molar-refractivity contribution in [2.75, 3.05) is 11.3 Å². The van der Waals surface area contributed by atoms with E-state index in [9.17, 15) is 8.42 Å². The van der Waals surface area contributed by atoms with Gasteiger partial charge in [-0.25, -0.2) is 13.4 Å². The molecule has 7 heteroatoms. The van der Waals surface area contributed by atoms with Crippen molar-refractivity contribution in [1.29, 1.82) is 0 Å². The fourth-order valence-electron chi connectivity index (χ4n) is 1.51. The van der Waals surface area contributed by atoms with Gasteiger partial charge < -0.3 is 5.11 Å². The number of hydrogen-bond acceptors (Lipinski definition) is 5. The van der Waals surface area contributed by atoms with Gasteiger partial charge in [-0.2, -0.15) is 0 Å². The van der Waals surface area contributed by atoms with Gasteiger partial charge in [-0.05, 0) is 31.2 Å². The van der Waals surface area contributed by atoms with E-state index in [1.165, 1.54) is 23.5 Å². The number of nitrogens with zero attached hydrogens (tertiary/aromatic N) is 1. The first-order valence-corrected chi connectivity index (χ1v) is 8.46. The Labute approximate surface area is 127 Å². The van der Waals surface area contributed by atoms with Crippen molar-refractivity contribution in [2.45, 2.75) is 18.2 Å². The van der Waals surface area contributed by atoms with E-state index in [0.29, 0.717) is 17.1 Å². The lowest BCUT2D eigenvalue weighted by Gasteiger charge is -2.04. The van der Waals surface area contributed by atoms with E-state index in [0.717, 1.165) is 4.88 Å². The lowest BCUT2D eigenvalue weighted by atomic mass is 10.2. The number of hydrogen-bond donors (Lipinski definition) is 2. The number of aliphatic hydroxyl groups excluding tert-OH is 1. The number of anilines is 1. The normalized spacial score (nSPS) is 10.8. The zero-order chi connectivity index (χ0) is 15.3. The average Bonchev–Trinajstić information content (AvgIpc) is 2.84. The van der Waals surface area contributed by atoms with Gasteiger partial charge >= 0.3 is 0 Å². The monoisotopic (exact) mass is 322 g/mol. The third kappa shape index (κ3) is 4.29. The Balaban J connectivity index is 2.15. The number of thiazole rings is 1. The highest BCUT2D eigenvalue weighted by molar-refractivity contribution is 7.93. The van der Waals surface area contributed by atoms with E-state index < -0.39 is 10.0 Å². The van der Waals surface area contributed by atoms with Crippen molar-refractivity contribution < 1.29 is 13.5 Å². The SMILES string of the molecule is Cc1cnc(NS(=O)(=O)c2ccc(C#CCCO)cc2)s1. The predicted octanol–water partition coefficient (Wildman–Crippen LogP) is 1.99. The quantitative estimate of drug-likeness (QED) is 0.844. The molecule has 0 aliphatic rings. The van der Waals surface area contributed by atoms with Crippen molar-refractivity contribution >= 4 is 26.5 Å². The minimum atomic E-state index is -3.63. The van der Waals surface area contributed by atoms with Crippen LogP contribution in [-0.4, -0.2) is 25.1 Å². The Hall–Kier alpha value is -1.88. The highest BCUT2D eigenvalue weighted by atomic mass is 32.2. The molecular formula is C14H14N2O3S2. The van der Waals surface area contributed by atoms with E-state index in [1.807, 2.05) is 6.92 Å². The van der Waals surface area contributed by atoms with Crippen LogP contribution in [0.5, 0.6) is 0 Å². The van der Waals surface area contributed by atoms with Gasteiger partial charge in [-0.1, -0.05) is 11.8 Å². The second kappa shape index (κ2) is 6.72. The number of sulfonamides is 1. The molecule has 1 aromatic heterocycles. The Morgan fingerprint density at radius 1 is 1.33 bits per heavy atom. The molecule has 0 radical (unpaired) electrons. The fourth-order valence-corrected chi connectivity index (χ4v) is 3.42. The Morgan fingerprint density at radius 3 is 2.62 bits per heavy atom. The van der Waals surface area contributed by atoms with Crippen LogP contribution in [0, 0.1) is 18.8 Å². The summed E-state index contributed by atoms with van der Waals surface area (Å²) in [6.07, 6.45) is 2.01. The summed E-state index contributed by atoms with van der Waals surface area (Å²) in [5, 5.41) is 8.99. The zero-order valence-electron chi connectivity index (χ0n) is 11.3. The molecule has 1 heterocycles. The highest BCUT2D eigenvalue weighted by Gasteiger charge is 2.15. The number of rotatable bonds is 4. The van der Waals surface area contributed by atoms with Crippen LogP contribution < -0.4 is 4.72 Å². The van der Waals surface area contributed by atoms with Crippen molar-refractivity contribution in [1.82, 2.24) is 4.98 Å². The Morgan fingerprint density at radius 2 is 2.05 bits per heavy atom. The summed E-state index contributed by atoms with van der Waals surface area (Å²) in [5.74, 6) is 5.62. The third-order valence-electron chi connectivity index (χ3n) is 2.48. The summed E-state index contributed by atoms with van der Waals surface area (Å²) in [4.78, 5) is 5.06. The molecule has 2 rings (SSSR count). The largest absolute Gasteiger partial charge is 0.395 e. The first-order valence-electron chi connectivity index (χ1n) is 6.16. The lowest BCUT2D eigenvalue weighted by Crippen LogP contribution is -2.12. The van der Waals surface area contributed by atoms with Gasteiger partial charge in [0.05, 0.1) is 11.5 Å². The molecule has 0 bridgehead atoms. The molecule has 0 fully saturated rings. The molecule has 2 N–H and O–H groups in total. The molecule has 21 heavy (non-hydrogen) atoms. The van der Waals surface area contributed by atoms with E-state index in [-0.39, 0.29) is 11.5 Å². The molecule has 0 saturated carbocycles. The van der Waals surface area contributed by atoms with E-state index in [4.69, 9.17) is 5.11 Å². The smallest absolute Gasteiger partial charge is 0.263 e. The van der Waals surface area contributed by atoms with Crippen molar-refractivity contribution in [3.63, 3.8) is 0 Å². The maximum Gasteiger partial charge on any atom is 0.263 e. The molecular weight excluding hydrogens is 308 g/mol. The number of aliphatic hydroxyl groups is 1. The van der Waals surface area contributed by atoms with E-state index in [2.05, 4.69) is 21.5 Å². The number of benzene rings is 1. The van der Waals surface area contributed by atoms with Crippen LogP contribution >= 0.6 is 11.3 Å². The van der Waals surface area contributed by atoms with Crippen LogP contribution in [0.2, 0.25) is 0 Å². The van der Waals surface area contributed by atoms with Crippen molar-refractivity contribution in [3.8, 4) is 11.8 Å². The molecule has 110 valence electrons. The summed E-state index contributed by atoms with van der Waals surface area (Å²) in [6, 6.07) is 6.25. The maximum atomic E-state index is 12.2. The van der Waals surface area contributed by atoms with E-state index >= 15 is 0 Å². The first-order chi connectivity index (χ1) is 10.0. The summed E-state index contributed by atoms with van der Waals surface area (Å²) < 4.78 is 26.8. The van der Waals surface area contributed by atoms with Crippen LogP contribution in [0.15, 0.2) is 35.4 Å². The van der Waals surface area contributed by atoms with Gasteiger partial charge in [0.2, 0.25) is 0 Å². The van der Waals surface area contributed by atoms with Crippen LogP contribution in [-0.2, 0) is 10.0 Å². The average molecular weight is 322 g/mol. The van der Waals surface area contributed by atoms with Crippen LogP contribution in [0.3, 0.4) is 0 Å². The van der Waals surface area contributed by atoms with Gasteiger partial charge in [0.1, 0.15) is 0 Å². The van der Waals surface area contributed by atoms with Gasteiger partial charge in [0.25, 0.3) is 10.0 Å². The second-order valence-corrected chi connectivity index (χ2v) is 7.10. The summed E-state index contributed by atoms with van der Waals surface area (Å²) in [7, 11) is -3.63. The van der Waals surface area contributed by atoms with Gasteiger partial charge in [0, 0.05) is 23.1 Å². The summed E-state index contributed by atoms with van der Waals surface area (Å²) in [5.41, 5.74) is 0.701. The number of aryl methyl sites for hydroxylation is 1. The standard InChI is InChI=1S/C14H14N2O3S2/c1-11-10-15-14(20-11)16-21(18,19)13-7-5-12(6-8-13)4-2-3-9-17/h5-8,10,17H,3,9H2,1H3,(H,15,16). The minimum absolute atomic E-state index is 0.0105. The molecule has 0 spiro atoms. The molecule has 0 saturated heterocycles. The third-order valence-corrected chi connectivity index (χ3v) is 4.79. The molecule has 2 aromatic rings. The van der Waals surface area contributed by atoms with Crippen molar-refractivity contribution in [3.05, 3.63) is 40.9 Å². The highest BCUT2D eigenvalue weighted by Crippen LogP contribution is 2.21. The predicted molar refractivity (Wildman–Crippen MR) is 82.7 cm³/mol. The molecule has 1 aromatic carbocycles. The van der Waals surface area contributed by atoms with E-state index in [1.54, 1.807) is 18.3 Å². The van der Waals surface area contributed by atoms with Gasteiger partial charge in [0.15, 0.2) is 5.13 Å². The second-order valence-electron chi connectivity index (χ2n) is 4.18. The molecule has 5 nitrogen and oxygen atoms in total. The number of aromatic nitrogens is 1. The first kappa shape index (κ1) is 15.5. The lowest BCUT2D eigenvalue weighted by molar-refractivity contribution is 0.305. The molecule has 0 aliphatic carbocycles. The molecule has 0 aliphatic heterocycles. The van der Waals surface area contributed by atoms with Gasteiger partial charge in [-0.3, -0.25) is 4.72 Å². The topological polar surface area (TPSA) is 79.3 Å². The van der Waals surface area contributed by atoms with Crippen LogP contribution in [0.25, 0.3) is 0 Å². The molecule has 0 unspecified atom stereocenters.